The number of halogens is 2. The molecule has 1 fully saturated rings. The maximum atomic E-state index is 12.3. The third-order valence-corrected chi connectivity index (χ3v) is 5.24. The monoisotopic (exact) mass is 390 g/mol. The molecule has 2 N–H and O–H groups in total. The van der Waals surface area contributed by atoms with Crippen molar-refractivity contribution in [1.82, 2.24) is 0 Å². The lowest BCUT2D eigenvalue weighted by Crippen LogP contribution is -2.15. The van der Waals surface area contributed by atoms with Crippen LogP contribution in [0.2, 0.25) is 10.0 Å². The van der Waals surface area contributed by atoms with Crippen molar-refractivity contribution in [3.8, 4) is 0 Å². The van der Waals surface area contributed by atoms with Gasteiger partial charge >= 0.3 is 0 Å². The first kappa shape index (κ1) is 18.7. The lowest BCUT2D eigenvalue weighted by molar-refractivity contribution is -0.117. The molecular weight excluding hydrogens is 371 g/mol. The van der Waals surface area contributed by atoms with Crippen LogP contribution in [-0.4, -0.2) is 11.8 Å². The summed E-state index contributed by atoms with van der Waals surface area (Å²) in [6.45, 7) is 1.91. The van der Waals surface area contributed by atoms with Crippen LogP contribution in [0.15, 0.2) is 36.4 Å². The summed E-state index contributed by atoms with van der Waals surface area (Å²) >= 11 is 12.2. The fourth-order valence-electron chi connectivity index (χ4n) is 2.63. The molecule has 0 spiro atoms. The Bertz CT molecular complexity index is 848. The largest absolute Gasteiger partial charge is 0.326 e. The second kappa shape index (κ2) is 8.11. The molecule has 0 bridgehead atoms. The Labute approximate surface area is 162 Å². The van der Waals surface area contributed by atoms with Crippen molar-refractivity contribution in [3.63, 3.8) is 0 Å². The minimum absolute atomic E-state index is 0.0433. The second-order valence-electron chi connectivity index (χ2n) is 6.55. The van der Waals surface area contributed by atoms with Gasteiger partial charge in [-0.3, -0.25) is 9.59 Å². The van der Waals surface area contributed by atoms with Crippen molar-refractivity contribution in [2.24, 2.45) is 5.92 Å². The first-order valence-electron chi connectivity index (χ1n) is 8.58. The summed E-state index contributed by atoms with van der Waals surface area (Å²) in [5.41, 5.74) is 3.17. The molecule has 0 aromatic heterocycles. The van der Waals surface area contributed by atoms with Gasteiger partial charge in [-0.2, -0.15) is 0 Å². The summed E-state index contributed by atoms with van der Waals surface area (Å²) in [5.74, 6) is 0.0633. The van der Waals surface area contributed by atoms with Gasteiger partial charge in [0.05, 0.1) is 10.0 Å². The van der Waals surface area contributed by atoms with Gasteiger partial charge in [0.1, 0.15) is 0 Å². The highest BCUT2D eigenvalue weighted by Gasteiger charge is 2.29. The highest BCUT2D eigenvalue weighted by Crippen LogP contribution is 2.31. The molecule has 2 amide bonds. The normalized spacial score (nSPS) is 13.3. The molecule has 3 rings (SSSR count). The predicted molar refractivity (Wildman–Crippen MR) is 106 cm³/mol. The number of hydrogen-bond donors (Lipinski definition) is 2. The Kier molecular flexibility index (Phi) is 5.84. The summed E-state index contributed by atoms with van der Waals surface area (Å²) in [6.07, 6.45) is 2.70. The molecule has 26 heavy (non-hydrogen) atoms. The minimum Gasteiger partial charge on any atom is -0.326 e. The van der Waals surface area contributed by atoms with Crippen LogP contribution in [-0.2, 0) is 16.0 Å². The van der Waals surface area contributed by atoms with Crippen LogP contribution >= 0.6 is 23.2 Å². The number of anilines is 2. The Morgan fingerprint density at radius 2 is 1.88 bits per heavy atom. The fourth-order valence-corrected chi connectivity index (χ4v) is 3.04. The van der Waals surface area contributed by atoms with E-state index in [0.29, 0.717) is 27.8 Å². The van der Waals surface area contributed by atoms with E-state index in [4.69, 9.17) is 23.2 Å². The van der Waals surface area contributed by atoms with Gasteiger partial charge in [-0.25, -0.2) is 0 Å². The average molecular weight is 391 g/mol. The third-order valence-electron chi connectivity index (χ3n) is 4.38. The van der Waals surface area contributed by atoms with E-state index in [1.807, 2.05) is 31.2 Å². The van der Waals surface area contributed by atoms with E-state index in [0.717, 1.165) is 24.0 Å². The number of carbonyl (C=O) groups excluding carboxylic acids is 2. The average Bonchev–Trinajstić information content (AvgIpc) is 3.44. The van der Waals surface area contributed by atoms with Crippen LogP contribution in [0.3, 0.4) is 0 Å². The number of benzene rings is 2. The fraction of sp³-hybridized carbons (Fsp3) is 0.300. The van der Waals surface area contributed by atoms with Gasteiger partial charge < -0.3 is 10.6 Å². The van der Waals surface area contributed by atoms with E-state index >= 15 is 0 Å². The van der Waals surface area contributed by atoms with Crippen LogP contribution in [0.5, 0.6) is 0 Å². The van der Waals surface area contributed by atoms with Crippen LogP contribution in [0.4, 0.5) is 11.4 Å². The molecule has 1 saturated carbocycles. The van der Waals surface area contributed by atoms with Crippen LogP contribution in [0.25, 0.3) is 0 Å². The van der Waals surface area contributed by atoms with Gasteiger partial charge in [0.2, 0.25) is 11.8 Å². The minimum atomic E-state index is -0.116. The highest BCUT2D eigenvalue weighted by atomic mass is 35.5. The van der Waals surface area contributed by atoms with E-state index in [1.165, 1.54) is 0 Å². The van der Waals surface area contributed by atoms with Gasteiger partial charge in [0, 0.05) is 23.7 Å². The van der Waals surface area contributed by atoms with E-state index in [-0.39, 0.29) is 24.2 Å². The molecule has 0 radical (unpaired) electrons. The summed E-state index contributed by atoms with van der Waals surface area (Å²) in [5, 5.41) is 6.78. The number of nitrogens with one attached hydrogen (secondary N) is 2. The first-order valence-corrected chi connectivity index (χ1v) is 9.34. The van der Waals surface area contributed by atoms with Crippen molar-refractivity contribution >= 4 is 46.4 Å². The number of hydrogen-bond acceptors (Lipinski definition) is 2. The highest BCUT2D eigenvalue weighted by molar-refractivity contribution is 6.42. The standard InChI is InChI=1S/C20H20Cl2N2O2/c1-12-5-9-15(23-20(26)14-6-7-14)11-17(12)24-18(25)10-8-13-3-2-4-16(21)19(13)22/h2-5,9,11,14H,6-8,10H2,1H3,(H,23,26)(H,24,25). The van der Waals surface area contributed by atoms with Crippen molar-refractivity contribution in [1.29, 1.82) is 0 Å². The molecule has 0 unspecified atom stereocenters. The topological polar surface area (TPSA) is 58.2 Å². The van der Waals surface area contributed by atoms with Gasteiger partial charge in [0.15, 0.2) is 0 Å². The Morgan fingerprint density at radius 1 is 1.12 bits per heavy atom. The summed E-state index contributed by atoms with van der Waals surface area (Å²) < 4.78 is 0. The number of carbonyl (C=O) groups is 2. The van der Waals surface area contributed by atoms with E-state index < -0.39 is 0 Å². The Morgan fingerprint density at radius 3 is 2.62 bits per heavy atom. The smallest absolute Gasteiger partial charge is 0.227 e. The number of aryl methyl sites for hydroxylation is 2. The molecular formula is C20H20Cl2N2O2. The van der Waals surface area contributed by atoms with Crippen molar-refractivity contribution in [2.75, 3.05) is 10.6 Å². The van der Waals surface area contributed by atoms with Crippen LogP contribution in [0, 0.1) is 12.8 Å². The zero-order valence-corrected chi connectivity index (χ0v) is 16.0. The molecule has 2 aromatic carbocycles. The number of rotatable bonds is 6. The molecule has 136 valence electrons. The maximum absolute atomic E-state index is 12.3. The third kappa shape index (κ3) is 4.77. The predicted octanol–water partition coefficient (Wildman–Crippen LogP) is 5.22. The van der Waals surface area contributed by atoms with Crippen LogP contribution < -0.4 is 10.6 Å². The van der Waals surface area contributed by atoms with Gasteiger partial charge in [-0.05, 0) is 55.5 Å². The number of amides is 2. The summed E-state index contributed by atoms with van der Waals surface area (Å²) in [4.78, 5) is 24.2. The molecule has 0 atom stereocenters. The van der Waals surface area contributed by atoms with Crippen molar-refractivity contribution in [2.45, 2.75) is 32.6 Å². The first-order chi connectivity index (χ1) is 12.4. The molecule has 4 nitrogen and oxygen atoms in total. The summed E-state index contributed by atoms with van der Waals surface area (Å²) in [7, 11) is 0. The van der Waals surface area contributed by atoms with Crippen molar-refractivity contribution < 1.29 is 9.59 Å². The lowest BCUT2D eigenvalue weighted by atomic mass is 10.1. The molecule has 6 heteroatoms. The Hall–Kier alpha value is -2.04. The molecule has 0 heterocycles. The molecule has 0 aliphatic heterocycles. The maximum Gasteiger partial charge on any atom is 0.227 e. The van der Waals surface area contributed by atoms with Gasteiger partial charge in [0.25, 0.3) is 0 Å². The molecule has 0 saturated heterocycles. The quantitative estimate of drug-likeness (QED) is 0.709. The van der Waals surface area contributed by atoms with E-state index in [2.05, 4.69) is 10.6 Å². The molecule has 1 aliphatic carbocycles. The Balaban J connectivity index is 1.61. The van der Waals surface area contributed by atoms with E-state index in [1.54, 1.807) is 12.1 Å². The van der Waals surface area contributed by atoms with E-state index in [9.17, 15) is 9.59 Å². The zero-order chi connectivity index (χ0) is 18.7. The SMILES string of the molecule is Cc1ccc(NC(=O)C2CC2)cc1NC(=O)CCc1cccc(Cl)c1Cl. The second-order valence-corrected chi connectivity index (χ2v) is 7.34. The molecule has 1 aliphatic rings. The van der Waals surface area contributed by atoms with Gasteiger partial charge in [-0.1, -0.05) is 41.4 Å². The summed E-state index contributed by atoms with van der Waals surface area (Å²) in [6, 6.07) is 10.9. The zero-order valence-electron chi connectivity index (χ0n) is 14.4. The lowest BCUT2D eigenvalue weighted by Gasteiger charge is -2.12. The van der Waals surface area contributed by atoms with Crippen LogP contribution in [0.1, 0.15) is 30.4 Å². The van der Waals surface area contributed by atoms with Gasteiger partial charge in [-0.15, -0.1) is 0 Å². The van der Waals surface area contributed by atoms with Crippen molar-refractivity contribution in [3.05, 3.63) is 57.6 Å². The molecule has 2 aromatic rings.